The monoisotopic (exact) mass is 518 g/mol. The van der Waals surface area contributed by atoms with Gasteiger partial charge >= 0.3 is 11.9 Å². The maximum atomic E-state index is 13.0. The van der Waals surface area contributed by atoms with E-state index in [9.17, 15) is 14.7 Å². The Morgan fingerprint density at radius 1 is 1.05 bits per heavy atom. The zero-order chi connectivity index (χ0) is 25.8. The normalized spacial score (nSPS) is 23.5. The molecule has 2 aliphatic rings. The first-order chi connectivity index (χ1) is 18.0. The lowest BCUT2D eigenvalue weighted by molar-refractivity contribution is -0.141. The fraction of sp³-hybridized carbons (Fsp3) is 0.267. The summed E-state index contributed by atoms with van der Waals surface area (Å²) in [7, 11) is 0. The van der Waals surface area contributed by atoms with Gasteiger partial charge in [0.1, 0.15) is 30.7 Å². The summed E-state index contributed by atoms with van der Waals surface area (Å²) in [6.07, 6.45) is 2.45. The Kier molecular flexibility index (Phi) is 7.58. The topological polar surface area (TPSA) is 82.1 Å². The van der Waals surface area contributed by atoms with Gasteiger partial charge in [-0.2, -0.15) is 0 Å². The number of carbonyl (C=O) groups is 2. The van der Waals surface area contributed by atoms with Crippen LogP contribution in [0.25, 0.3) is 11.1 Å². The SMILES string of the molecule is O=C1C[C@@H]2[C@@H](C=CC(O)COc3cccc(Cl)c3)[C@H](OC(=O)c3ccc(-c4ccccc4)cc3)C[C@@H]2O1. The predicted octanol–water partition coefficient (Wildman–Crippen LogP) is 5.48. The van der Waals surface area contributed by atoms with Crippen LogP contribution in [0.5, 0.6) is 5.75 Å². The van der Waals surface area contributed by atoms with Gasteiger partial charge in [0.15, 0.2) is 0 Å². The molecule has 6 nitrogen and oxygen atoms in total. The Bertz CT molecular complexity index is 1270. The highest BCUT2D eigenvalue weighted by molar-refractivity contribution is 6.30. The number of fused-ring (bicyclic) bond motifs is 1. The highest BCUT2D eigenvalue weighted by atomic mass is 35.5. The van der Waals surface area contributed by atoms with Crippen LogP contribution in [0.15, 0.2) is 91.0 Å². The molecule has 1 saturated heterocycles. The van der Waals surface area contributed by atoms with Crippen LogP contribution in [0, 0.1) is 11.8 Å². The Balaban J connectivity index is 1.24. The first-order valence-corrected chi connectivity index (χ1v) is 12.6. The summed E-state index contributed by atoms with van der Waals surface area (Å²) in [5.74, 6) is -0.493. The number of aliphatic hydroxyl groups excluding tert-OH is 1. The molecule has 0 radical (unpaired) electrons. The molecule has 0 bridgehead atoms. The van der Waals surface area contributed by atoms with Gasteiger partial charge in [-0.1, -0.05) is 72.3 Å². The van der Waals surface area contributed by atoms with E-state index in [0.29, 0.717) is 22.8 Å². The molecule has 37 heavy (non-hydrogen) atoms. The number of carbonyl (C=O) groups excluding carboxylic acids is 2. The van der Waals surface area contributed by atoms with Gasteiger partial charge in [-0.15, -0.1) is 0 Å². The first kappa shape index (κ1) is 25.1. The third-order valence-corrected chi connectivity index (χ3v) is 7.04. The minimum atomic E-state index is -0.891. The minimum Gasteiger partial charge on any atom is -0.491 e. The summed E-state index contributed by atoms with van der Waals surface area (Å²) in [6, 6.07) is 24.1. The molecule has 190 valence electrons. The summed E-state index contributed by atoms with van der Waals surface area (Å²) in [4.78, 5) is 24.9. The van der Waals surface area contributed by atoms with Crippen molar-refractivity contribution < 1.29 is 28.9 Å². The largest absolute Gasteiger partial charge is 0.491 e. The smallest absolute Gasteiger partial charge is 0.338 e. The van der Waals surface area contributed by atoms with Crippen molar-refractivity contribution in [2.75, 3.05) is 6.61 Å². The molecule has 5 rings (SSSR count). The molecule has 1 N–H and O–H groups in total. The average Bonchev–Trinajstić information content (AvgIpc) is 3.42. The molecule has 3 aromatic carbocycles. The molecular weight excluding hydrogens is 492 g/mol. The van der Waals surface area contributed by atoms with Crippen molar-refractivity contribution in [3.63, 3.8) is 0 Å². The molecule has 1 saturated carbocycles. The van der Waals surface area contributed by atoms with Crippen molar-refractivity contribution in [1.82, 2.24) is 0 Å². The predicted molar refractivity (Wildman–Crippen MR) is 139 cm³/mol. The van der Waals surface area contributed by atoms with Crippen molar-refractivity contribution in [2.24, 2.45) is 11.8 Å². The molecular formula is C30H27ClO6. The second-order valence-electron chi connectivity index (χ2n) is 9.32. The molecule has 3 aromatic rings. The number of aliphatic hydroxyl groups is 1. The second kappa shape index (κ2) is 11.2. The number of rotatable bonds is 8. The van der Waals surface area contributed by atoms with E-state index in [-0.39, 0.29) is 36.9 Å². The Morgan fingerprint density at radius 3 is 2.57 bits per heavy atom. The van der Waals surface area contributed by atoms with Gasteiger partial charge in [0, 0.05) is 23.3 Å². The van der Waals surface area contributed by atoms with Crippen LogP contribution in [-0.2, 0) is 14.3 Å². The van der Waals surface area contributed by atoms with Gasteiger partial charge in [0.2, 0.25) is 0 Å². The van der Waals surface area contributed by atoms with Gasteiger partial charge in [0.05, 0.1) is 12.0 Å². The first-order valence-electron chi connectivity index (χ1n) is 12.3. The molecule has 1 aliphatic carbocycles. The van der Waals surface area contributed by atoms with Crippen LogP contribution < -0.4 is 4.74 Å². The molecule has 0 spiro atoms. The van der Waals surface area contributed by atoms with E-state index in [0.717, 1.165) is 11.1 Å². The van der Waals surface area contributed by atoms with Crippen molar-refractivity contribution >= 4 is 23.5 Å². The molecule has 5 atom stereocenters. The summed E-state index contributed by atoms with van der Waals surface area (Å²) >= 11 is 5.97. The maximum Gasteiger partial charge on any atom is 0.338 e. The van der Waals surface area contributed by atoms with Gasteiger partial charge in [-0.05, 0) is 41.5 Å². The molecule has 2 fully saturated rings. The molecule has 1 heterocycles. The minimum absolute atomic E-state index is 0.0330. The fourth-order valence-corrected chi connectivity index (χ4v) is 5.16. The summed E-state index contributed by atoms with van der Waals surface area (Å²) in [6.45, 7) is 0.0330. The van der Waals surface area contributed by atoms with E-state index in [2.05, 4.69) is 0 Å². The zero-order valence-electron chi connectivity index (χ0n) is 20.0. The van der Waals surface area contributed by atoms with Crippen molar-refractivity contribution in [3.05, 3.63) is 102 Å². The van der Waals surface area contributed by atoms with Crippen LogP contribution in [0.1, 0.15) is 23.2 Å². The van der Waals surface area contributed by atoms with E-state index in [1.165, 1.54) is 0 Å². The highest BCUT2D eigenvalue weighted by Gasteiger charge is 2.50. The maximum absolute atomic E-state index is 13.0. The van der Waals surface area contributed by atoms with E-state index in [4.69, 9.17) is 25.8 Å². The van der Waals surface area contributed by atoms with Crippen molar-refractivity contribution in [3.8, 4) is 16.9 Å². The third-order valence-electron chi connectivity index (χ3n) is 6.81. The molecule has 1 aliphatic heterocycles. The van der Waals surface area contributed by atoms with Gasteiger partial charge < -0.3 is 19.3 Å². The third kappa shape index (κ3) is 6.04. The Labute approximate surface area is 220 Å². The standard InChI is InChI=1S/C30H27ClO6/c31-22-7-4-8-24(15-22)35-18-23(32)13-14-25-26-16-29(33)36-28(26)17-27(25)37-30(34)21-11-9-20(10-12-21)19-5-2-1-3-6-19/h1-15,23,25-28,32H,16-18H2/t23?,25-,26-,27-,28+/m1/s1. The zero-order valence-corrected chi connectivity index (χ0v) is 20.8. The molecule has 1 unspecified atom stereocenters. The number of hydrogen-bond donors (Lipinski definition) is 1. The molecule has 0 amide bonds. The Hall–Kier alpha value is -3.61. The van der Waals surface area contributed by atoms with E-state index < -0.39 is 18.2 Å². The summed E-state index contributed by atoms with van der Waals surface area (Å²) in [5, 5.41) is 11.0. The van der Waals surface area contributed by atoms with Crippen LogP contribution in [0.4, 0.5) is 0 Å². The van der Waals surface area contributed by atoms with Crippen LogP contribution in [0.2, 0.25) is 5.02 Å². The average molecular weight is 519 g/mol. The van der Waals surface area contributed by atoms with E-state index in [1.807, 2.05) is 48.5 Å². The van der Waals surface area contributed by atoms with Crippen LogP contribution in [-0.4, -0.2) is 42.0 Å². The summed E-state index contributed by atoms with van der Waals surface area (Å²) < 4.78 is 17.0. The quantitative estimate of drug-likeness (QED) is 0.314. The molecule has 0 aromatic heterocycles. The number of esters is 2. The number of halogens is 1. The van der Waals surface area contributed by atoms with Crippen LogP contribution >= 0.6 is 11.6 Å². The lowest BCUT2D eigenvalue weighted by Gasteiger charge is -2.20. The van der Waals surface area contributed by atoms with Gasteiger partial charge in [-0.25, -0.2) is 4.79 Å². The van der Waals surface area contributed by atoms with Gasteiger partial charge in [-0.3, -0.25) is 4.79 Å². The lowest BCUT2D eigenvalue weighted by Crippen LogP contribution is -2.25. The lowest BCUT2D eigenvalue weighted by atomic mass is 9.91. The Morgan fingerprint density at radius 2 is 1.81 bits per heavy atom. The molecule has 7 heteroatoms. The number of hydrogen-bond acceptors (Lipinski definition) is 6. The summed E-state index contributed by atoms with van der Waals surface area (Å²) in [5.41, 5.74) is 2.52. The van der Waals surface area contributed by atoms with Crippen molar-refractivity contribution in [1.29, 1.82) is 0 Å². The van der Waals surface area contributed by atoms with Crippen LogP contribution in [0.3, 0.4) is 0 Å². The van der Waals surface area contributed by atoms with E-state index >= 15 is 0 Å². The second-order valence-corrected chi connectivity index (χ2v) is 9.75. The van der Waals surface area contributed by atoms with Crippen molar-refractivity contribution in [2.45, 2.75) is 31.2 Å². The van der Waals surface area contributed by atoms with E-state index in [1.54, 1.807) is 42.5 Å². The number of ether oxygens (including phenoxy) is 3. The number of benzene rings is 3. The fourth-order valence-electron chi connectivity index (χ4n) is 4.98. The van der Waals surface area contributed by atoms with Gasteiger partial charge in [0.25, 0.3) is 0 Å². The highest BCUT2D eigenvalue weighted by Crippen LogP contribution is 2.43.